The lowest BCUT2D eigenvalue weighted by atomic mass is 9.99. The van der Waals surface area contributed by atoms with Crippen LogP contribution in [0, 0.1) is 6.92 Å². The van der Waals surface area contributed by atoms with Gasteiger partial charge in [0.1, 0.15) is 29.9 Å². The van der Waals surface area contributed by atoms with Gasteiger partial charge in [0.2, 0.25) is 0 Å². The van der Waals surface area contributed by atoms with E-state index < -0.39 is 17.7 Å². The molecule has 0 bridgehead atoms. The third-order valence-electron chi connectivity index (χ3n) is 6.73. The van der Waals surface area contributed by atoms with Crippen LogP contribution in [0.4, 0.5) is 0 Å². The Morgan fingerprint density at radius 1 is 1.03 bits per heavy atom. The Balaban J connectivity index is 1.37. The Morgan fingerprint density at radius 2 is 1.81 bits per heavy atom. The van der Waals surface area contributed by atoms with Crippen LogP contribution in [0.15, 0.2) is 76.9 Å². The predicted molar refractivity (Wildman–Crippen MR) is 137 cm³/mol. The second kappa shape index (κ2) is 11.0. The van der Waals surface area contributed by atoms with Gasteiger partial charge in [-0.25, -0.2) is 0 Å². The van der Waals surface area contributed by atoms with Crippen molar-refractivity contribution in [1.82, 2.24) is 9.80 Å². The Kier molecular flexibility index (Phi) is 7.39. The number of aliphatic hydroxyl groups excluding tert-OH is 1. The van der Waals surface area contributed by atoms with E-state index in [1.807, 2.05) is 25.1 Å². The molecule has 1 N–H and O–H groups in total. The molecule has 3 heterocycles. The Morgan fingerprint density at radius 3 is 2.51 bits per heavy atom. The van der Waals surface area contributed by atoms with E-state index in [1.54, 1.807) is 36.4 Å². The van der Waals surface area contributed by atoms with Gasteiger partial charge in [-0.2, -0.15) is 0 Å². The Labute approximate surface area is 215 Å². The fourth-order valence-corrected chi connectivity index (χ4v) is 4.76. The number of aliphatic hydroxyl groups is 1. The van der Waals surface area contributed by atoms with Gasteiger partial charge < -0.3 is 23.9 Å². The standard InChI is InChI=1S/C29H30N2O6/c1-20-4-2-5-21(18-20)19-37-23-9-7-22(8-10-23)27(32)25-26(24-6-3-15-36-24)31(29(34)28(25)33)12-11-30-13-16-35-17-14-30/h2-10,15,18,26,32H,11-14,16-17,19H2,1H3. The molecule has 37 heavy (non-hydrogen) atoms. The molecule has 1 amide bonds. The van der Waals surface area contributed by atoms with Crippen LogP contribution in [0.1, 0.15) is 28.5 Å². The maximum atomic E-state index is 13.1. The average Bonchev–Trinajstić information content (AvgIpc) is 3.54. The molecule has 0 aliphatic carbocycles. The lowest BCUT2D eigenvalue weighted by Gasteiger charge is -2.30. The molecular weight excluding hydrogens is 472 g/mol. The van der Waals surface area contributed by atoms with Gasteiger partial charge >= 0.3 is 0 Å². The van der Waals surface area contributed by atoms with Gasteiger partial charge in [0.25, 0.3) is 11.7 Å². The molecule has 2 fully saturated rings. The normalized spacial score (nSPS) is 19.9. The van der Waals surface area contributed by atoms with Crippen LogP contribution in [0.25, 0.3) is 5.76 Å². The molecule has 8 heteroatoms. The largest absolute Gasteiger partial charge is 0.507 e. The SMILES string of the molecule is Cc1cccc(COc2ccc(C(O)=C3C(=O)C(=O)N(CCN4CCOCC4)C3c3ccco3)cc2)c1. The van der Waals surface area contributed by atoms with E-state index in [9.17, 15) is 14.7 Å². The highest BCUT2D eigenvalue weighted by atomic mass is 16.5. The molecule has 1 unspecified atom stereocenters. The number of carbonyl (C=O) groups excluding carboxylic acids is 2. The summed E-state index contributed by atoms with van der Waals surface area (Å²) in [6, 6.07) is 17.5. The smallest absolute Gasteiger partial charge is 0.295 e. The minimum Gasteiger partial charge on any atom is -0.507 e. The van der Waals surface area contributed by atoms with Gasteiger partial charge in [-0.3, -0.25) is 14.5 Å². The number of morpholine rings is 1. The van der Waals surface area contributed by atoms with E-state index in [0.29, 0.717) is 50.0 Å². The van der Waals surface area contributed by atoms with Crippen molar-refractivity contribution in [2.24, 2.45) is 0 Å². The molecule has 2 aliphatic heterocycles. The molecule has 0 saturated carbocycles. The first kappa shape index (κ1) is 24.8. The second-order valence-electron chi connectivity index (χ2n) is 9.26. The number of benzene rings is 2. The zero-order chi connectivity index (χ0) is 25.8. The predicted octanol–water partition coefficient (Wildman–Crippen LogP) is 3.92. The molecule has 3 aromatic rings. The van der Waals surface area contributed by atoms with Gasteiger partial charge in [-0.05, 0) is 48.9 Å². The number of ketones is 1. The number of rotatable bonds is 8. The number of hydrogen-bond acceptors (Lipinski definition) is 7. The van der Waals surface area contributed by atoms with Gasteiger partial charge in [-0.15, -0.1) is 0 Å². The molecule has 8 nitrogen and oxygen atoms in total. The summed E-state index contributed by atoms with van der Waals surface area (Å²) >= 11 is 0. The number of hydrogen-bond donors (Lipinski definition) is 1. The van der Waals surface area contributed by atoms with Crippen LogP contribution in [0.3, 0.4) is 0 Å². The fraction of sp³-hybridized carbons (Fsp3) is 0.310. The molecule has 1 aromatic heterocycles. The highest BCUT2D eigenvalue weighted by molar-refractivity contribution is 6.46. The van der Waals surface area contributed by atoms with Gasteiger partial charge in [0.05, 0.1) is 25.1 Å². The summed E-state index contributed by atoms with van der Waals surface area (Å²) in [5, 5.41) is 11.2. The fourth-order valence-electron chi connectivity index (χ4n) is 4.76. The van der Waals surface area contributed by atoms with Crippen molar-refractivity contribution in [2.45, 2.75) is 19.6 Å². The van der Waals surface area contributed by atoms with Crippen molar-refractivity contribution in [2.75, 3.05) is 39.4 Å². The summed E-state index contributed by atoms with van der Waals surface area (Å²) in [7, 11) is 0. The third kappa shape index (κ3) is 5.45. The summed E-state index contributed by atoms with van der Waals surface area (Å²) in [4.78, 5) is 29.9. The summed E-state index contributed by atoms with van der Waals surface area (Å²) in [5.41, 5.74) is 2.66. The van der Waals surface area contributed by atoms with E-state index in [1.165, 1.54) is 11.2 Å². The molecule has 5 rings (SSSR count). The van der Waals surface area contributed by atoms with Crippen molar-refractivity contribution in [3.63, 3.8) is 0 Å². The van der Waals surface area contributed by atoms with Gasteiger partial charge in [0, 0.05) is 31.7 Å². The van der Waals surface area contributed by atoms with Crippen molar-refractivity contribution < 1.29 is 28.6 Å². The molecular formula is C29H30N2O6. The zero-order valence-electron chi connectivity index (χ0n) is 20.8. The monoisotopic (exact) mass is 502 g/mol. The number of ether oxygens (including phenoxy) is 2. The van der Waals surface area contributed by atoms with E-state index in [4.69, 9.17) is 13.9 Å². The van der Waals surface area contributed by atoms with Crippen LogP contribution < -0.4 is 4.74 Å². The maximum absolute atomic E-state index is 13.1. The van der Waals surface area contributed by atoms with Gasteiger partial charge in [0.15, 0.2) is 0 Å². The zero-order valence-corrected chi connectivity index (χ0v) is 20.8. The number of nitrogens with zero attached hydrogens (tertiary/aromatic N) is 2. The summed E-state index contributed by atoms with van der Waals surface area (Å²) < 4.78 is 16.9. The van der Waals surface area contributed by atoms with Crippen molar-refractivity contribution in [1.29, 1.82) is 0 Å². The first-order valence-electron chi connectivity index (χ1n) is 12.4. The number of carbonyl (C=O) groups is 2. The van der Waals surface area contributed by atoms with E-state index in [-0.39, 0.29) is 11.3 Å². The molecule has 2 saturated heterocycles. The van der Waals surface area contributed by atoms with Crippen LogP contribution >= 0.6 is 0 Å². The first-order valence-corrected chi connectivity index (χ1v) is 12.4. The number of amides is 1. The quantitative estimate of drug-likeness (QED) is 0.284. The number of aryl methyl sites for hydroxylation is 1. The minimum atomic E-state index is -0.798. The lowest BCUT2D eigenvalue weighted by Crippen LogP contribution is -2.42. The molecule has 1 atom stereocenters. The number of Topliss-reactive ketones (excluding diaryl/α,β-unsaturated/α-hetero) is 1. The van der Waals surface area contributed by atoms with Crippen LogP contribution in [-0.4, -0.2) is 66.0 Å². The Bertz CT molecular complexity index is 1280. The van der Waals surface area contributed by atoms with E-state index >= 15 is 0 Å². The topological polar surface area (TPSA) is 92.5 Å². The lowest BCUT2D eigenvalue weighted by molar-refractivity contribution is -0.140. The summed E-state index contributed by atoms with van der Waals surface area (Å²) in [6.07, 6.45) is 1.50. The maximum Gasteiger partial charge on any atom is 0.295 e. The average molecular weight is 503 g/mol. The Hall–Kier alpha value is -3.88. The van der Waals surface area contributed by atoms with E-state index in [2.05, 4.69) is 11.0 Å². The van der Waals surface area contributed by atoms with Crippen LogP contribution in [0.2, 0.25) is 0 Å². The summed E-state index contributed by atoms with van der Waals surface area (Å²) in [5.74, 6) is -0.540. The highest BCUT2D eigenvalue weighted by Crippen LogP contribution is 2.39. The number of furan rings is 1. The molecule has 2 aliphatic rings. The molecule has 0 radical (unpaired) electrons. The van der Waals surface area contributed by atoms with Crippen molar-refractivity contribution in [3.8, 4) is 5.75 Å². The third-order valence-corrected chi connectivity index (χ3v) is 6.73. The number of likely N-dealkylation sites (tertiary alicyclic amines) is 1. The van der Waals surface area contributed by atoms with Crippen molar-refractivity contribution >= 4 is 17.4 Å². The van der Waals surface area contributed by atoms with Crippen LogP contribution in [-0.2, 0) is 20.9 Å². The highest BCUT2D eigenvalue weighted by Gasteiger charge is 2.47. The van der Waals surface area contributed by atoms with Gasteiger partial charge in [-0.1, -0.05) is 29.8 Å². The molecule has 2 aromatic carbocycles. The van der Waals surface area contributed by atoms with E-state index in [0.717, 1.165) is 24.2 Å². The van der Waals surface area contributed by atoms with Crippen LogP contribution in [0.5, 0.6) is 5.75 Å². The van der Waals surface area contributed by atoms with Crippen molar-refractivity contribution in [3.05, 3.63) is 95.0 Å². The summed E-state index contributed by atoms with van der Waals surface area (Å²) in [6.45, 7) is 6.21. The first-order chi connectivity index (χ1) is 18.0. The minimum absolute atomic E-state index is 0.0235. The molecule has 0 spiro atoms. The molecule has 192 valence electrons. The second-order valence-corrected chi connectivity index (χ2v) is 9.26.